The lowest BCUT2D eigenvalue weighted by atomic mass is 10.2. The molecule has 0 aliphatic rings. The number of hydrogen-bond donors (Lipinski definition) is 0. The Bertz CT molecular complexity index is 1310. The van der Waals surface area contributed by atoms with Crippen molar-refractivity contribution in [1.82, 2.24) is 18.7 Å². The lowest BCUT2D eigenvalue weighted by Crippen LogP contribution is -2.37. The first kappa shape index (κ1) is 17.6. The van der Waals surface area contributed by atoms with Crippen LogP contribution < -0.4 is 11.2 Å². The molecular weight excluding hydrogens is 358 g/mol. The second kappa shape index (κ2) is 5.96. The number of fused-ring (bicyclic) bond motifs is 1. The van der Waals surface area contributed by atoms with Crippen molar-refractivity contribution in [3.05, 3.63) is 62.1 Å². The summed E-state index contributed by atoms with van der Waals surface area (Å²) in [5.74, 6) is -0.434. The molecule has 0 saturated carbocycles. The second-order valence-electron chi connectivity index (χ2n) is 5.83. The third-order valence-corrected chi connectivity index (χ3v) is 5.78. The number of benzene rings is 1. The molecule has 26 heavy (non-hydrogen) atoms. The minimum atomic E-state index is -3.95. The summed E-state index contributed by atoms with van der Waals surface area (Å²) in [6.07, 6.45) is 0. The predicted molar refractivity (Wildman–Crippen MR) is 94.8 cm³/mol. The van der Waals surface area contributed by atoms with E-state index < -0.39 is 26.8 Å². The quantitative estimate of drug-likeness (QED) is 0.622. The van der Waals surface area contributed by atoms with Crippen molar-refractivity contribution in [3.63, 3.8) is 0 Å². The van der Waals surface area contributed by atoms with E-state index in [1.54, 1.807) is 18.2 Å². The molecule has 0 saturated heterocycles. The third kappa shape index (κ3) is 2.53. The van der Waals surface area contributed by atoms with E-state index >= 15 is 0 Å². The highest BCUT2D eigenvalue weighted by Gasteiger charge is 2.26. The van der Waals surface area contributed by atoms with Crippen LogP contribution in [0, 0.1) is 6.57 Å². The number of sulfone groups is 1. The second-order valence-corrected chi connectivity index (χ2v) is 7.71. The molecule has 0 amide bonds. The summed E-state index contributed by atoms with van der Waals surface area (Å²) < 4.78 is 28.9. The average Bonchev–Trinajstić information content (AvgIpc) is 2.96. The Hall–Kier alpha value is -3.19. The number of aromatic nitrogens is 4. The number of imidazole rings is 1. The maximum absolute atomic E-state index is 12.9. The normalized spacial score (nSPS) is 11.6. The molecular formula is C16H15N5O4S. The van der Waals surface area contributed by atoms with Crippen LogP contribution in [0.25, 0.3) is 16.0 Å². The molecule has 134 valence electrons. The van der Waals surface area contributed by atoms with E-state index in [1.165, 1.54) is 31.8 Å². The van der Waals surface area contributed by atoms with Crippen LogP contribution in [0.3, 0.4) is 0 Å². The maximum Gasteiger partial charge on any atom is 0.332 e. The van der Waals surface area contributed by atoms with Crippen molar-refractivity contribution in [2.45, 2.75) is 10.9 Å². The van der Waals surface area contributed by atoms with Crippen LogP contribution in [-0.4, -0.2) is 27.1 Å². The highest BCUT2D eigenvalue weighted by atomic mass is 32.2. The van der Waals surface area contributed by atoms with Crippen molar-refractivity contribution in [1.29, 1.82) is 0 Å². The summed E-state index contributed by atoms with van der Waals surface area (Å²) >= 11 is 0. The minimum Gasteiger partial charge on any atom is -0.312 e. The average molecular weight is 373 g/mol. The smallest absolute Gasteiger partial charge is 0.312 e. The molecule has 3 aromatic rings. The van der Waals surface area contributed by atoms with Gasteiger partial charge in [-0.15, -0.1) is 0 Å². The molecule has 0 atom stereocenters. The molecule has 0 bridgehead atoms. The minimum absolute atomic E-state index is 0.00219. The molecule has 1 aromatic carbocycles. The molecule has 0 N–H and O–H groups in total. The van der Waals surface area contributed by atoms with Crippen molar-refractivity contribution in [2.24, 2.45) is 21.1 Å². The van der Waals surface area contributed by atoms with Gasteiger partial charge in [0.1, 0.15) is 0 Å². The zero-order valence-electron chi connectivity index (χ0n) is 14.3. The molecule has 3 rings (SSSR count). The van der Waals surface area contributed by atoms with Gasteiger partial charge in [0.2, 0.25) is 15.0 Å². The fourth-order valence-corrected chi connectivity index (χ4v) is 4.30. The van der Waals surface area contributed by atoms with Crippen LogP contribution in [0.2, 0.25) is 0 Å². The van der Waals surface area contributed by atoms with Gasteiger partial charge in [0.15, 0.2) is 16.9 Å². The van der Waals surface area contributed by atoms with Crippen molar-refractivity contribution < 1.29 is 8.42 Å². The van der Waals surface area contributed by atoms with Gasteiger partial charge >= 0.3 is 5.69 Å². The van der Waals surface area contributed by atoms with Crippen molar-refractivity contribution in [2.75, 3.05) is 0 Å². The molecule has 0 aliphatic carbocycles. The van der Waals surface area contributed by atoms with Crippen molar-refractivity contribution >= 4 is 26.7 Å². The summed E-state index contributed by atoms with van der Waals surface area (Å²) in [6, 6.07) is 6.39. The lowest BCUT2D eigenvalue weighted by Gasteiger charge is -2.06. The number of para-hydroxylation sites is 1. The molecule has 0 fully saturated rings. The highest BCUT2D eigenvalue weighted by molar-refractivity contribution is 7.90. The summed E-state index contributed by atoms with van der Waals surface area (Å²) in [6.45, 7) is 7.16. The Balaban J connectivity index is 2.26. The van der Waals surface area contributed by atoms with Crippen molar-refractivity contribution in [3.8, 4) is 0 Å². The Kier molecular flexibility index (Phi) is 4.04. The predicted octanol–water partition coefficient (Wildman–Crippen LogP) is 0.495. The maximum atomic E-state index is 12.9. The SMILES string of the molecule is [C-]#[N+]c1ccccc1CS(=O)(=O)c1nc2c(c(=O)n(C)c(=O)n2C)n1C. The lowest BCUT2D eigenvalue weighted by molar-refractivity contribution is 0.579. The van der Waals surface area contributed by atoms with E-state index in [9.17, 15) is 18.0 Å². The molecule has 0 aliphatic heterocycles. The topological polar surface area (TPSA) is 100 Å². The summed E-state index contributed by atoms with van der Waals surface area (Å²) in [5.41, 5.74) is -0.622. The Morgan fingerprint density at radius 2 is 1.73 bits per heavy atom. The zero-order chi connectivity index (χ0) is 19.2. The third-order valence-electron chi connectivity index (χ3n) is 4.17. The van der Waals surface area contributed by atoms with E-state index in [0.717, 1.165) is 9.13 Å². The van der Waals surface area contributed by atoms with E-state index in [-0.39, 0.29) is 22.0 Å². The van der Waals surface area contributed by atoms with Crippen LogP contribution in [0.5, 0.6) is 0 Å². The van der Waals surface area contributed by atoms with Gasteiger partial charge in [-0.25, -0.2) is 18.1 Å². The van der Waals surface area contributed by atoms with Crippen LogP contribution in [0.4, 0.5) is 5.69 Å². The van der Waals surface area contributed by atoms with Crippen LogP contribution in [0.1, 0.15) is 5.56 Å². The molecule has 0 unspecified atom stereocenters. The van der Waals surface area contributed by atoms with Gasteiger partial charge in [-0.05, 0) is 5.56 Å². The molecule has 0 spiro atoms. The van der Waals surface area contributed by atoms with Crippen LogP contribution >= 0.6 is 0 Å². The molecule has 2 heterocycles. The van der Waals surface area contributed by atoms with Gasteiger partial charge in [-0.2, -0.15) is 4.98 Å². The van der Waals surface area contributed by atoms with E-state index in [4.69, 9.17) is 6.57 Å². The Labute approximate surface area is 148 Å². The largest absolute Gasteiger partial charge is 0.332 e. The number of nitrogens with zero attached hydrogens (tertiary/aromatic N) is 5. The molecule has 2 aromatic heterocycles. The Morgan fingerprint density at radius 1 is 1.08 bits per heavy atom. The monoisotopic (exact) mass is 373 g/mol. The van der Waals surface area contributed by atoms with Gasteiger partial charge in [0.25, 0.3) is 5.56 Å². The molecule has 9 nitrogen and oxygen atoms in total. The van der Waals surface area contributed by atoms with Gasteiger partial charge in [0, 0.05) is 21.1 Å². The standard InChI is InChI=1S/C16H15N5O4S/c1-17-11-8-6-5-7-10(11)9-26(24,25)15-18-13-12(19(15)2)14(22)21(4)16(23)20(13)3/h5-8H,9H2,2-4H3. The van der Waals surface area contributed by atoms with Gasteiger partial charge in [-0.1, -0.05) is 24.3 Å². The number of hydrogen-bond acceptors (Lipinski definition) is 5. The fourth-order valence-electron chi connectivity index (χ4n) is 2.79. The Morgan fingerprint density at radius 3 is 2.38 bits per heavy atom. The fraction of sp³-hybridized carbons (Fsp3) is 0.250. The first-order valence-corrected chi connectivity index (χ1v) is 9.15. The van der Waals surface area contributed by atoms with E-state index in [0.29, 0.717) is 5.56 Å². The van der Waals surface area contributed by atoms with Crippen LogP contribution in [-0.2, 0) is 36.7 Å². The van der Waals surface area contributed by atoms with Crippen LogP contribution in [0.15, 0.2) is 39.0 Å². The van der Waals surface area contributed by atoms with E-state index in [1.807, 2.05) is 0 Å². The zero-order valence-corrected chi connectivity index (χ0v) is 15.1. The van der Waals surface area contributed by atoms with Gasteiger partial charge in [0.05, 0.1) is 12.3 Å². The molecule has 10 heteroatoms. The molecule has 0 radical (unpaired) electrons. The summed E-state index contributed by atoms with van der Waals surface area (Å²) in [4.78, 5) is 31.8. The highest BCUT2D eigenvalue weighted by Crippen LogP contribution is 2.24. The van der Waals surface area contributed by atoms with Gasteiger partial charge < -0.3 is 4.57 Å². The first-order chi connectivity index (χ1) is 12.2. The summed E-state index contributed by atoms with van der Waals surface area (Å²) in [7, 11) is 0.194. The van der Waals surface area contributed by atoms with Gasteiger partial charge in [-0.3, -0.25) is 13.9 Å². The number of rotatable bonds is 3. The first-order valence-electron chi connectivity index (χ1n) is 7.49. The van der Waals surface area contributed by atoms with E-state index in [2.05, 4.69) is 9.83 Å². The number of aryl methyl sites for hydroxylation is 2. The summed E-state index contributed by atoms with van der Waals surface area (Å²) in [5, 5.41) is -0.328.